The average Bonchev–Trinajstić information content (AvgIpc) is 2.97. The molecule has 0 spiro atoms. The summed E-state index contributed by atoms with van der Waals surface area (Å²) in [6, 6.07) is 15.7. The molecule has 7 heteroatoms. The number of morpholine rings is 1. The number of hydrogen-bond acceptors (Lipinski definition) is 5. The lowest BCUT2D eigenvalue weighted by Crippen LogP contribution is -2.36. The highest BCUT2D eigenvalue weighted by Crippen LogP contribution is 2.29. The maximum absolute atomic E-state index is 10.7. The van der Waals surface area contributed by atoms with Gasteiger partial charge in [0, 0.05) is 24.5 Å². The van der Waals surface area contributed by atoms with Crippen molar-refractivity contribution in [2.75, 3.05) is 38.3 Å². The third-order valence-corrected chi connectivity index (χ3v) is 5.43. The molecule has 0 radical (unpaired) electrons. The SMILES string of the molecule is COc1ccc(-n2c(O)c(C)n(-c3ccc(N4CCOCC4)cc3)c2=S)cc1. The first-order valence-electron chi connectivity index (χ1n) is 9.21. The van der Waals surface area contributed by atoms with Crippen molar-refractivity contribution in [3.63, 3.8) is 0 Å². The molecule has 1 saturated heterocycles. The van der Waals surface area contributed by atoms with Gasteiger partial charge in [0.1, 0.15) is 5.75 Å². The number of ether oxygens (including phenoxy) is 2. The van der Waals surface area contributed by atoms with Gasteiger partial charge in [0.25, 0.3) is 0 Å². The number of aromatic hydroxyl groups is 1. The molecule has 28 heavy (non-hydrogen) atoms. The molecule has 4 rings (SSSR count). The number of methoxy groups -OCH3 is 1. The Hall–Kier alpha value is -2.77. The van der Waals surface area contributed by atoms with Crippen molar-refractivity contribution in [1.29, 1.82) is 0 Å². The highest BCUT2D eigenvalue weighted by Gasteiger charge is 2.17. The summed E-state index contributed by atoms with van der Waals surface area (Å²) in [5.41, 5.74) is 3.56. The number of imidazole rings is 1. The third kappa shape index (κ3) is 3.27. The summed E-state index contributed by atoms with van der Waals surface area (Å²) in [5, 5.41) is 10.7. The molecule has 6 nitrogen and oxygen atoms in total. The fourth-order valence-corrected chi connectivity index (χ4v) is 3.93. The van der Waals surface area contributed by atoms with Gasteiger partial charge in [-0.2, -0.15) is 0 Å². The van der Waals surface area contributed by atoms with Gasteiger partial charge in [0.2, 0.25) is 5.88 Å². The van der Waals surface area contributed by atoms with Gasteiger partial charge < -0.3 is 19.5 Å². The van der Waals surface area contributed by atoms with E-state index in [1.54, 1.807) is 11.7 Å². The van der Waals surface area contributed by atoms with E-state index in [1.807, 2.05) is 47.9 Å². The molecule has 1 fully saturated rings. The smallest absolute Gasteiger partial charge is 0.218 e. The summed E-state index contributed by atoms with van der Waals surface area (Å²) >= 11 is 5.69. The Labute approximate surface area is 169 Å². The van der Waals surface area contributed by atoms with Crippen molar-refractivity contribution < 1.29 is 14.6 Å². The zero-order valence-electron chi connectivity index (χ0n) is 16.0. The normalized spacial score (nSPS) is 14.3. The van der Waals surface area contributed by atoms with Crippen LogP contribution in [0.2, 0.25) is 0 Å². The van der Waals surface area contributed by atoms with E-state index in [1.165, 1.54) is 0 Å². The van der Waals surface area contributed by atoms with E-state index < -0.39 is 0 Å². The molecule has 0 amide bonds. The molecule has 2 aromatic carbocycles. The van der Waals surface area contributed by atoms with Gasteiger partial charge in [0.15, 0.2) is 4.77 Å². The lowest BCUT2D eigenvalue weighted by molar-refractivity contribution is 0.122. The van der Waals surface area contributed by atoms with Crippen LogP contribution in [0.1, 0.15) is 5.69 Å². The predicted octanol–water partition coefficient (Wildman–Crippen LogP) is 3.86. The van der Waals surface area contributed by atoms with E-state index in [0.29, 0.717) is 10.5 Å². The zero-order valence-corrected chi connectivity index (χ0v) is 16.8. The summed E-state index contributed by atoms with van der Waals surface area (Å²) in [6.07, 6.45) is 0. The largest absolute Gasteiger partial charge is 0.497 e. The van der Waals surface area contributed by atoms with Gasteiger partial charge in [0.05, 0.1) is 31.7 Å². The number of benzene rings is 2. The minimum atomic E-state index is 0.132. The number of rotatable bonds is 4. The van der Waals surface area contributed by atoms with E-state index in [9.17, 15) is 5.11 Å². The maximum atomic E-state index is 10.7. The molecule has 1 aromatic heterocycles. The van der Waals surface area contributed by atoms with Crippen LogP contribution in [-0.4, -0.2) is 47.7 Å². The van der Waals surface area contributed by atoms with E-state index in [4.69, 9.17) is 21.7 Å². The molecule has 1 aliphatic rings. The van der Waals surface area contributed by atoms with Crippen molar-refractivity contribution in [2.45, 2.75) is 6.92 Å². The zero-order chi connectivity index (χ0) is 19.7. The minimum absolute atomic E-state index is 0.132. The first-order valence-corrected chi connectivity index (χ1v) is 9.62. The van der Waals surface area contributed by atoms with Crippen molar-refractivity contribution in [2.24, 2.45) is 0 Å². The van der Waals surface area contributed by atoms with Gasteiger partial charge in [-0.1, -0.05) is 0 Å². The van der Waals surface area contributed by atoms with Gasteiger partial charge in [-0.25, -0.2) is 0 Å². The molecule has 0 saturated carbocycles. The highest BCUT2D eigenvalue weighted by atomic mass is 32.1. The number of hydrogen-bond donors (Lipinski definition) is 1. The molecular weight excluding hydrogens is 374 g/mol. The molecule has 0 bridgehead atoms. The van der Waals surface area contributed by atoms with Crippen LogP contribution in [0.3, 0.4) is 0 Å². The standard InChI is InChI=1S/C21H23N3O3S/c1-15-20(25)24(18-7-9-19(26-2)10-8-18)21(28)23(15)17-5-3-16(4-6-17)22-11-13-27-14-12-22/h3-10,25H,11-14H2,1-2H3. The molecule has 2 heterocycles. The van der Waals surface area contributed by atoms with Crippen molar-refractivity contribution in [1.82, 2.24) is 9.13 Å². The first kappa shape index (κ1) is 18.6. The fourth-order valence-electron chi connectivity index (χ4n) is 3.50. The Bertz CT molecular complexity index is 1020. The summed E-state index contributed by atoms with van der Waals surface area (Å²) in [4.78, 5) is 2.30. The van der Waals surface area contributed by atoms with Crippen LogP contribution in [0.4, 0.5) is 5.69 Å². The van der Waals surface area contributed by atoms with Crippen LogP contribution >= 0.6 is 12.2 Å². The van der Waals surface area contributed by atoms with E-state index in [-0.39, 0.29) is 5.88 Å². The molecule has 1 N–H and O–H groups in total. The Morgan fingerprint density at radius 2 is 1.43 bits per heavy atom. The van der Waals surface area contributed by atoms with Crippen LogP contribution in [0.5, 0.6) is 11.6 Å². The molecule has 0 aliphatic carbocycles. The molecule has 0 atom stereocenters. The van der Waals surface area contributed by atoms with Gasteiger partial charge in [-0.05, 0) is 67.7 Å². The number of nitrogens with zero attached hydrogens (tertiary/aromatic N) is 3. The maximum Gasteiger partial charge on any atom is 0.218 e. The van der Waals surface area contributed by atoms with Crippen LogP contribution < -0.4 is 9.64 Å². The van der Waals surface area contributed by atoms with Crippen LogP contribution in [-0.2, 0) is 4.74 Å². The molecule has 3 aromatic rings. The lowest BCUT2D eigenvalue weighted by atomic mass is 10.2. The van der Waals surface area contributed by atoms with Gasteiger partial charge in [-0.3, -0.25) is 9.13 Å². The molecule has 0 unspecified atom stereocenters. The molecular formula is C21H23N3O3S. The van der Waals surface area contributed by atoms with E-state index in [2.05, 4.69) is 17.0 Å². The van der Waals surface area contributed by atoms with E-state index in [0.717, 1.165) is 49.1 Å². The Morgan fingerprint density at radius 3 is 2.04 bits per heavy atom. The average molecular weight is 398 g/mol. The quantitative estimate of drug-likeness (QED) is 0.678. The minimum Gasteiger partial charge on any atom is -0.497 e. The second-order valence-electron chi connectivity index (χ2n) is 6.68. The van der Waals surface area contributed by atoms with Gasteiger partial charge in [-0.15, -0.1) is 0 Å². The van der Waals surface area contributed by atoms with Crippen molar-refractivity contribution in [3.8, 4) is 23.0 Å². The van der Waals surface area contributed by atoms with Gasteiger partial charge >= 0.3 is 0 Å². The van der Waals surface area contributed by atoms with Crippen molar-refractivity contribution >= 4 is 17.9 Å². The summed E-state index contributed by atoms with van der Waals surface area (Å²) < 4.78 is 14.7. The second kappa shape index (κ2) is 7.69. The second-order valence-corrected chi connectivity index (χ2v) is 7.04. The van der Waals surface area contributed by atoms with Crippen molar-refractivity contribution in [3.05, 3.63) is 59.0 Å². The lowest BCUT2D eigenvalue weighted by Gasteiger charge is -2.29. The Balaban J connectivity index is 1.71. The number of anilines is 1. The summed E-state index contributed by atoms with van der Waals surface area (Å²) in [7, 11) is 1.62. The first-order chi connectivity index (χ1) is 13.6. The van der Waals surface area contributed by atoms with Crippen LogP contribution in [0.25, 0.3) is 11.4 Å². The van der Waals surface area contributed by atoms with E-state index >= 15 is 0 Å². The number of aromatic nitrogens is 2. The predicted molar refractivity (Wildman–Crippen MR) is 112 cm³/mol. The third-order valence-electron chi connectivity index (χ3n) is 5.07. The highest BCUT2D eigenvalue weighted by molar-refractivity contribution is 7.71. The Morgan fingerprint density at radius 1 is 0.893 bits per heavy atom. The summed E-state index contributed by atoms with van der Waals surface area (Å²) in [5.74, 6) is 0.886. The van der Waals surface area contributed by atoms with Crippen LogP contribution in [0, 0.1) is 11.7 Å². The molecule has 1 aliphatic heterocycles. The summed E-state index contributed by atoms with van der Waals surface area (Å²) in [6.45, 7) is 5.16. The molecule has 146 valence electrons. The Kier molecular flexibility index (Phi) is 5.11. The topological polar surface area (TPSA) is 51.8 Å². The monoisotopic (exact) mass is 397 g/mol. The van der Waals surface area contributed by atoms with Crippen LogP contribution in [0.15, 0.2) is 48.5 Å². The fraction of sp³-hybridized carbons (Fsp3) is 0.286.